The topological polar surface area (TPSA) is 56.1 Å². The maximum Gasteiger partial charge on any atom is 0.255 e. The number of benzene rings is 1. The van der Waals surface area contributed by atoms with Gasteiger partial charge in [0.15, 0.2) is 0 Å². The van der Waals surface area contributed by atoms with Gasteiger partial charge in [0, 0.05) is 42.9 Å². The van der Waals surface area contributed by atoms with Gasteiger partial charge in [0.2, 0.25) is 0 Å². The van der Waals surface area contributed by atoms with Gasteiger partial charge in [-0.2, -0.15) is 0 Å². The van der Waals surface area contributed by atoms with Crippen LogP contribution in [0.15, 0.2) is 30.6 Å². The number of fused-ring (bicyclic) bond motifs is 2. The van der Waals surface area contributed by atoms with E-state index in [0.29, 0.717) is 11.5 Å². The highest BCUT2D eigenvalue weighted by Crippen LogP contribution is 2.40. The summed E-state index contributed by atoms with van der Waals surface area (Å²) >= 11 is 0. The van der Waals surface area contributed by atoms with Gasteiger partial charge in [-0.3, -0.25) is 4.79 Å². The molecule has 1 N–H and O–H groups in total. The van der Waals surface area contributed by atoms with Crippen LogP contribution in [0.1, 0.15) is 47.9 Å². The average molecular weight is 311 g/mol. The number of nitrogens with one attached hydrogen (secondary N) is 1. The fraction of sp³-hybridized carbons (Fsp3) is 0.444. The highest BCUT2D eigenvalue weighted by molar-refractivity contribution is 5.97. The summed E-state index contributed by atoms with van der Waals surface area (Å²) in [4.78, 5) is 17.0. The second-order valence-electron chi connectivity index (χ2n) is 6.54. The SMILES string of the molecule is C[C@@H]1Oc2c(C(=O)N[C@H]3CCc4nccn4C3)cccc2[C@@H]1C. The fourth-order valence-corrected chi connectivity index (χ4v) is 3.51. The van der Waals surface area contributed by atoms with Crippen LogP contribution < -0.4 is 10.1 Å². The molecule has 0 bridgehead atoms. The number of ether oxygens (including phenoxy) is 1. The molecular formula is C18H21N3O2. The van der Waals surface area contributed by atoms with Gasteiger partial charge in [-0.25, -0.2) is 4.98 Å². The summed E-state index contributed by atoms with van der Waals surface area (Å²) in [6, 6.07) is 5.99. The van der Waals surface area contributed by atoms with Crippen molar-refractivity contribution < 1.29 is 9.53 Å². The lowest BCUT2D eigenvalue weighted by Crippen LogP contribution is -2.41. The van der Waals surface area contributed by atoms with E-state index in [4.69, 9.17) is 4.74 Å². The Labute approximate surface area is 135 Å². The molecule has 0 unspecified atom stereocenters. The van der Waals surface area contributed by atoms with Crippen LogP contribution in [0.5, 0.6) is 5.75 Å². The van der Waals surface area contributed by atoms with Gasteiger partial charge in [-0.15, -0.1) is 0 Å². The molecule has 1 aromatic heterocycles. The molecule has 0 spiro atoms. The van der Waals surface area contributed by atoms with E-state index >= 15 is 0 Å². The van der Waals surface area contributed by atoms with Crippen LogP contribution in [0.3, 0.4) is 0 Å². The van der Waals surface area contributed by atoms with E-state index in [1.807, 2.05) is 31.5 Å². The van der Waals surface area contributed by atoms with Crippen molar-refractivity contribution in [2.75, 3.05) is 0 Å². The summed E-state index contributed by atoms with van der Waals surface area (Å²) in [6.07, 6.45) is 5.73. The first kappa shape index (κ1) is 14.3. The summed E-state index contributed by atoms with van der Waals surface area (Å²) in [5.74, 6) is 2.13. The minimum Gasteiger partial charge on any atom is -0.489 e. The largest absolute Gasteiger partial charge is 0.489 e. The molecule has 0 saturated heterocycles. The van der Waals surface area contributed by atoms with Gasteiger partial charge in [0.1, 0.15) is 17.7 Å². The summed E-state index contributed by atoms with van der Waals surface area (Å²) in [5.41, 5.74) is 1.78. The number of aryl methyl sites for hydroxylation is 1. The molecule has 120 valence electrons. The van der Waals surface area contributed by atoms with Gasteiger partial charge in [0.05, 0.1) is 5.56 Å². The van der Waals surface area contributed by atoms with Crippen molar-refractivity contribution in [1.82, 2.24) is 14.9 Å². The molecule has 2 aliphatic heterocycles. The number of nitrogens with zero attached hydrogens (tertiary/aromatic N) is 2. The smallest absolute Gasteiger partial charge is 0.255 e. The number of carbonyl (C=O) groups excluding carboxylic acids is 1. The van der Waals surface area contributed by atoms with Gasteiger partial charge >= 0.3 is 0 Å². The lowest BCUT2D eigenvalue weighted by atomic mass is 9.96. The van der Waals surface area contributed by atoms with E-state index in [0.717, 1.165) is 36.5 Å². The second kappa shape index (κ2) is 5.41. The fourth-order valence-electron chi connectivity index (χ4n) is 3.51. The normalized spacial score (nSPS) is 25.4. The highest BCUT2D eigenvalue weighted by Gasteiger charge is 2.31. The van der Waals surface area contributed by atoms with Gasteiger partial charge in [-0.05, 0) is 19.4 Å². The predicted molar refractivity (Wildman–Crippen MR) is 86.7 cm³/mol. The highest BCUT2D eigenvalue weighted by atomic mass is 16.5. The molecule has 3 heterocycles. The molecule has 23 heavy (non-hydrogen) atoms. The quantitative estimate of drug-likeness (QED) is 0.927. The van der Waals surface area contributed by atoms with E-state index in [9.17, 15) is 4.79 Å². The number of para-hydroxylation sites is 1. The van der Waals surface area contributed by atoms with Crippen LogP contribution in [0.2, 0.25) is 0 Å². The zero-order chi connectivity index (χ0) is 16.0. The third-order valence-corrected chi connectivity index (χ3v) is 5.06. The van der Waals surface area contributed by atoms with Crippen molar-refractivity contribution in [2.24, 2.45) is 0 Å². The first-order valence-electron chi connectivity index (χ1n) is 8.24. The number of rotatable bonds is 2. The first-order chi connectivity index (χ1) is 11.1. The molecule has 5 heteroatoms. The number of imidazole rings is 1. The molecule has 3 atom stereocenters. The molecule has 1 amide bonds. The van der Waals surface area contributed by atoms with Crippen molar-refractivity contribution in [3.63, 3.8) is 0 Å². The Bertz CT molecular complexity index is 752. The van der Waals surface area contributed by atoms with Crippen LogP contribution in [-0.4, -0.2) is 27.6 Å². The third-order valence-electron chi connectivity index (χ3n) is 5.06. The standard InChI is InChI=1S/C18H21N3O2/c1-11-12(2)23-17-14(11)4-3-5-15(17)18(22)20-13-6-7-16-19-8-9-21(16)10-13/h3-5,8-9,11-13H,6-7,10H2,1-2H3,(H,20,22)/t11-,12+,13+/m1/s1. The molecule has 4 rings (SSSR count). The van der Waals surface area contributed by atoms with Crippen molar-refractivity contribution in [3.8, 4) is 5.75 Å². The Morgan fingerprint density at radius 2 is 2.26 bits per heavy atom. The molecular weight excluding hydrogens is 290 g/mol. The Balaban J connectivity index is 1.53. The zero-order valence-corrected chi connectivity index (χ0v) is 13.5. The second-order valence-corrected chi connectivity index (χ2v) is 6.54. The number of hydrogen-bond donors (Lipinski definition) is 1. The first-order valence-corrected chi connectivity index (χ1v) is 8.24. The van der Waals surface area contributed by atoms with Crippen molar-refractivity contribution >= 4 is 5.91 Å². The van der Waals surface area contributed by atoms with Crippen LogP contribution >= 0.6 is 0 Å². The maximum absolute atomic E-state index is 12.7. The third kappa shape index (κ3) is 2.40. The van der Waals surface area contributed by atoms with E-state index in [2.05, 4.69) is 27.9 Å². The summed E-state index contributed by atoms with van der Waals surface area (Å²) in [7, 11) is 0. The number of amides is 1. The number of aromatic nitrogens is 2. The van der Waals surface area contributed by atoms with Crippen molar-refractivity contribution in [2.45, 2.75) is 51.3 Å². The summed E-state index contributed by atoms with van der Waals surface area (Å²) in [6.45, 7) is 4.97. The number of hydrogen-bond acceptors (Lipinski definition) is 3. The summed E-state index contributed by atoms with van der Waals surface area (Å²) < 4.78 is 8.04. The molecule has 0 fully saturated rings. The molecule has 0 aliphatic carbocycles. The minimum atomic E-state index is -0.0447. The number of carbonyl (C=O) groups is 1. The lowest BCUT2D eigenvalue weighted by Gasteiger charge is -2.25. The molecule has 2 aromatic rings. The van der Waals surface area contributed by atoms with E-state index in [1.54, 1.807) is 0 Å². The molecule has 2 aliphatic rings. The summed E-state index contributed by atoms with van der Waals surface area (Å²) in [5, 5.41) is 3.16. The Morgan fingerprint density at radius 1 is 1.39 bits per heavy atom. The Hall–Kier alpha value is -2.30. The Kier molecular flexibility index (Phi) is 3.36. The van der Waals surface area contributed by atoms with E-state index in [1.165, 1.54) is 0 Å². The molecule has 0 saturated carbocycles. The van der Waals surface area contributed by atoms with Gasteiger partial charge < -0.3 is 14.6 Å². The predicted octanol–water partition coefficient (Wildman–Crippen LogP) is 2.51. The lowest BCUT2D eigenvalue weighted by molar-refractivity contribution is 0.0922. The van der Waals surface area contributed by atoms with Crippen LogP contribution in [-0.2, 0) is 13.0 Å². The maximum atomic E-state index is 12.7. The molecule has 0 radical (unpaired) electrons. The van der Waals surface area contributed by atoms with Crippen molar-refractivity contribution in [1.29, 1.82) is 0 Å². The van der Waals surface area contributed by atoms with E-state index < -0.39 is 0 Å². The molecule has 1 aromatic carbocycles. The monoisotopic (exact) mass is 311 g/mol. The zero-order valence-electron chi connectivity index (χ0n) is 13.5. The van der Waals surface area contributed by atoms with Crippen LogP contribution in [0.4, 0.5) is 0 Å². The average Bonchev–Trinajstić information content (AvgIpc) is 3.12. The van der Waals surface area contributed by atoms with E-state index in [-0.39, 0.29) is 18.1 Å². The Morgan fingerprint density at radius 3 is 3.13 bits per heavy atom. The van der Waals surface area contributed by atoms with Crippen LogP contribution in [0, 0.1) is 0 Å². The van der Waals surface area contributed by atoms with Crippen molar-refractivity contribution in [3.05, 3.63) is 47.5 Å². The van der Waals surface area contributed by atoms with Crippen LogP contribution in [0.25, 0.3) is 0 Å². The molecule has 5 nitrogen and oxygen atoms in total. The van der Waals surface area contributed by atoms with Gasteiger partial charge in [-0.1, -0.05) is 19.1 Å². The van der Waals surface area contributed by atoms with Gasteiger partial charge in [0.25, 0.3) is 5.91 Å². The minimum absolute atomic E-state index is 0.0447.